The topological polar surface area (TPSA) is 116 Å². The highest BCUT2D eigenvalue weighted by Crippen LogP contribution is 2.38. The number of esters is 2. The lowest BCUT2D eigenvalue weighted by molar-refractivity contribution is -0.123. The van der Waals surface area contributed by atoms with E-state index in [0.717, 1.165) is 42.4 Å². The van der Waals surface area contributed by atoms with Crippen LogP contribution >= 0.6 is 11.3 Å². The van der Waals surface area contributed by atoms with E-state index in [1.165, 1.54) is 42.5 Å². The highest BCUT2D eigenvalue weighted by atomic mass is 32.2. The summed E-state index contributed by atoms with van der Waals surface area (Å²) in [7, 11) is -3.39. The van der Waals surface area contributed by atoms with E-state index in [2.05, 4.69) is 5.32 Å². The van der Waals surface area contributed by atoms with Crippen LogP contribution in [0.3, 0.4) is 0 Å². The van der Waals surface area contributed by atoms with Crippen LogP contribution in [0.2, 0.25) is 0 Å². The van der Waals surface area contributed by atoms with Crippen LogP contribution < -0.4 is 5.32 Å². The first-order valence-corrected chi connectivity index (χ1v) is 13.0. The lowest BCUT2D eigenvalue weighted by atomic mass is 9.95. The molecule has 1 aliphatic rings. The predicted octanol–water partition coefficient (Wildman–Crippen LogP) is 3.39. The molecule has 0 aliphatic heterocycles. The summed E-state index contributed by atoms with van der Waals surface area (Å²) in [6, 6.07) is 5.27. The summed E-state index contributed by atoms with van der Waals surface area (Å²) in [5, 5.41) is 3.12. The van der Waals surface area contributed by atoms with Crippen molar-refractivity contribution in [2.45, 2.75) is 50.5 Å². The zero-order valence-corrected chi connectivity index (χ0v) is 19.7. The molecule has 32 heavy (non-hydrogen) atoms. The number of sulfone groups is 1. The maximum atomic E-state index is 12.7. The number of anilines is 1. The van der Waals surface area contributed by atoms with Crippen LogP contribution in [0.4, 0.5) is 5.00 Å². The molecule has 0 radical (unpaired) electrons. The maximum absolute atomic E-state index is 12.7. The molecule has 1 aromatic heterocycles. The van der Waals surface area contributed by atoms with E-state index in [0.29, 0.717) is 10.6 Å². The van der Waals surface area contributed by atoms with Crippen molar-refractivity contribution < 1.29 is 32.3 Å². The van der Waals surface area contributed by atoms with Crippen molar-refractivity contribution in [3.8, 4) is 0 Å². The lowest BCUT2D eigenvalue weighted by Gasteiger charge is -2.14. The Morgan fingerprint density at radius 3 is 2.38 bits per heavy atom. The number of amides is 1. The van der Waals surface area contributed by atoms with Gasteiger partial charge in [-0.3, -0.25) is 4.79 Å². The fourth-order valence-electron chi connectivity index (χ4n) is 3.41. The van der Waals surface area contributed by atoms with Gasteiger partial charge in [0.05, 0.1) is 22.6 Å². The van der Waals surface area contributed by atoms with Crippen LogP contribution in [-0.4, -0.2) is 45.2 Å². The van der Waals surface area contributed by atoms with Crippen LogP contribution in [0.25, 0.3) is 0 Å². The highest BCUT2D eigenvalue weighted by molar-refractivity contribution is 7.90. The largest absolute Gasteiger partial charge is 0.462 e. The summed E-state index contributed by atoms with van der Waals surface area (Å²) in [5.41, 5.74) is 1.43. The molecular formula is C22H25NO7S2. The number of nitrogens with one attached hydrogen (secondary N) is 1. The van der Waals surface area contributed by atoms with Gasteiger partial charge < -0.3 is 14.8 Å². The van der Waals surface area contributed by atoms with Crippen molar-refractivity contribution in [2.24, 2.45) is 0 Å². The number of thiophene rings is 1. The minimum Gasteiger partial charge on any atom is -0.462 e. The second kappa shape index (κ2) is 9.83. The third-order valence-corrected chi connectivity index (χ3v) is 7.39. The van der Waals surface area contributed by atoms with Crippen LogP contribution in [0.15, 0.2) is 29.2 Å². The Morgan fingerprint density at radius 2 is 1.75 bits per heavy atom. The molecule has 0 bridgehead atoms. The molecule has 0 unspecified atom stereocenters. The van der Waals surface area contributed by atoms with Gasteiger partial charge in [-0.15, -0.1) is 11.3 Å². The Kier molecular flexibility index (Phi) is 7.35. The van der Waals surface area contributed by atoms with Gasteiger partial charge in [-0.1, -0.05) is 0 Å². The number of carbonyl (C=O) groups excluding carboxylic acids is 3. The van der Waals surface area contributed by atoms with Crippen LogP contribution in [-0.2, 0) is 36.9 Å². The average molecular weight is 480 g/mol. The number of aryl methyl sites for hydroxylation is 1. The summed E-state index contributed by atoms with van der Waals surface area (Å²) >= 11 is 1.35. The standard InChI is InChI=1S/C22H25NO7S2/c1-4-29-22(26)18-16-7-5-6-8-17(16)31-20(18)23-19(24)13(2)30-21(25)14-9-11-15(12-10-14)32(3,27)28/h9-13H,4-8H2,1-3H3,(H,23,24)/t13-/m0/s1. The van der Waals surface area contributed by atoms with E-state index in [9.17, 15) is 22.8 Å². The second-order valence-corrected chi connectivity index (χ2v) is 10.6. The van der Waals surface area contributed by atoms with Crippen molar-refractivity contribution in [1.29, 1.82) is 0 Å². The molecule has 1 atom stereocenters. The number of rotatable bonds is 7. The molecule has 172 valence electrons. The van der Waals surface area contributed by atoms with Gasteiger partial charge in [-0.2, -0.15) is 0 Å². The molecule has 1 amide bonds. The quantitative estimate of drug-likeness (QED) is 0.605. The van der Waals surface area contributed by atoms with Crippen LogP contribution in [0, 0.1) is 0 Å². The summed E-state index contributed by atoms with van der Waals surface area (Å²) in [6.45, 7) is 3.37. The summed E-state index contributed by atoms with van der Waals surface area (Å²) in [6.07, 6.45) is 3.52. The van der Waals surface area contributed by atoms with E-state index < -0.39 is 33.8 Å². The monoisotopic (exact) mass is 479 g/mol. The van der Waals surface area contributed by atoms with Crippen molar-refractivity contribution in [3.63, 3.8) is 0 Å². The lowest BCUT2D eigenvalue weighted by Crippen LogP contribution is -2.30. The van der Waals surface area contributed by atoms with E-state index in [-0.39, 0.29) is 17.1 Å². The van der Waals surface area contributed by atoms with Crippen LogP contribution in [0.1, 0.15) is 57.8 Å². The molecule has 1 N–H and O–H groups in total. The maximum Gasteiger partial charge on any atom is 0.341 e. The zero-order valence-electron chi connectivity index (χ0n) is 18.1. The molecule has 1 aliphatic carbocycles. The Bertz CT molecular complexity index is 1130. The first-order valence-electron chi connectivity index (χ1n) is 10.3. The first kappa shape index (κ1) is 23.9. The van der Waals surface area contributed by atoms with Gasteiger partial charge in [-0.25, -0.2) is 18.0 Å². The number of ether oxygens (including phenoxy) is 2. The van der Waals surface area contributed by atoms with E-state index in [1.807, 2.05) is 0 Å². The first-order chi connectivity index (χ1) is 15.1. The third-order valence-electron chi connectivity index (χ3n) is 5.06. The van der Waals surface area contributed by atoms with Gasteiger partial charge in [-0.05, 0) is 69.4 Å². The molecule has 0 saturated carbocycles. The SMILES string of the molecule is CCOC(=O)c1c(NC(=O)[C@H](C)OC(=O)c2ccc(S(C)(=O)=O)cc2)sc2c1CCCC2. The Morgan fingerprint density at radius 1 is 1.09 bits per heavy atom. The second-order valence-electron chi connectivity index (χ2n) is 7.47. The number of fused-ring (bicyclic) bond motifs is 1. The molecular weight excluding hydrogens is 454 g/mol. The number of hydrogen-bond donors (Lipinski definition) is 1. The van der Waals surface area contributed by atoms with Gasteiger partial charge in [0.2, 0.25) is 0 Å². The Balaban J connectivity index is 1.72. The molecule has 0 fully saturated rings. The molecule has 10 heteroatoms. The van der Waals surface area contributed by atoms with Gasteiger partial charge in [0.15, 0.2) is 15.9 Å². The molecule has 8 nitrogen and oxygen atoms in total. The molecule has 1 heterocycles. The zero-order chi connectivity index (χ0) is 23.5. The molecule has 3 rings (SSSR count). The molecule has 0 saturated heterocycles. The van der Waals surface area contributed by atoms with E-state index >= 15 is 0 Å². The van der Waals surface area contributed by atoms with E-state index in [4.69, 9.17) is 9.47 Å². The summed E-state index contributed by atoms with van der Waals surface area (Å²) < 4.78 is 33.5. The smallest absolute Gasteiger partial charge is 0.341 e. The minimum absolute atomic E-state index is 0.0769. The van der Waals surface area contributed by atoms with Crippen molar-refractivity contribution in [3.05, 3.63) is 45.8 Å². The number of carbonyl (C=O) groups is 3. The van der Waals surface area contributed by atoms with Crippen molar-refractivity contribution >= 4 is 44.0 Å². The molecule has 2 aromatic rings. The summed E-state index contributed by atoms with van der Waals surface area (Å²) in [5.74, 6) is -1.81. The number of hydrogen-bond acceptors (Lipinski definition) is 8. The van der Waals surface area contributed by atoms with Crippen molar-refractivity contribution in [1.82, 2.24) is 0 Å². The van der Waals surface area contributed by atoms with Gasteiger partial charge in [0, 0.05) is 11.1 Å². The van der Waals surface area contributed by atoms with Gasteiger partial charge >= 0.3 is 11.9 Å². The number of benzene rings is 1. The van der Waals surface area contributed by atoms with Crippen molar-refractivity contribution in [2.75, 3.05) is 18.2 Å². The van der Waals surface area contributed by atoms with Crippen LogP contribution in [0.5, 0.6) is 0 Å². The molecule has 1 aromatic carbocycles. The molecule has 0 spiro atoms. The normalized spacial score (nSPS) is 14.2. The predicted molar refractivity (Wildman–Crippen MR) is 120 cm³/mol. The Hall–Kier alpha value is -2.72. The minimum atomic E-state index is -3.39. The van der Waals surface area contributed by atoms with Gasteiger partial charge in [0.25, 0.3) is 5.91 Å². The Labute approximate surface area is 190 Å². The third kappa shape index (κ3) is 5.36. The van der Waals surface area contributed by atoms with E-state index in [1.54, 1.807) is 6.92 Å². The fraction of sp³-hybridized carbons (Fsp3) is 0.409. The van der Waals surface area contributed by atoms with Gasteiger partial charge in [0.1, 0.15) is 5.00 Å². The average Bonchev–Trinajstić information content (AvgIpc) is 3.11. The highest BCUT2D eigenvalue weighted by Gasteiger charge is 2.29. The fourth-order valence-corrected chi connectivity index (χ4v) is 5.32. The summed E-state index contributed by atoms with van der Waals surface area (Å²) in [4.78, 5) is 38.7.